The molecule has 0 radical (unpaired) electrons. The lowest BCUT2D eigenvalue weighted by Gasteiger charge is -2.29. The SMILES string of the molecule is O=C([C@H]1Cc2cc(Cl)cc(-c3ccnc4cc(CCN5C(=O)c6ccccc6C5O)sc34)c2O1)N1CCNCC1. The molecule has 8 nitrogen and oxygen atoms in total. The first kappa shape index (κ1) is 25.5. The number of pyridine rings is 1. The average molecular weight is 575 g/mol. The Bertz CT molecular complexity index is 1650. The van der Waals surface area contributed by atoms with Crippen molar-refractivity contribution in [3.05, 3.63) is 81.3 Å². The van der Waals surface area contributed by atoms with E-state index in [9.17, 15) is 14.7 Å². The van der Waals surface area contributed by atoms with Crippen LogP contribution in [0.3, 0.4) is 0 Å². The van der Waals surface area contributed by atoms with E-state index < -0.39 is 12.3 Å². The number of amides is 2. The second-order valence-electron chi connectivity index (χ2n) is 10.3. The van der Waals surface area contributed by atoms with Gasteiger partial charge in [0.2, 0.25) is 0 Å². The van der Waals surface area contributed by atoms with E-state index in [2.05, 4.69) is 10.3 Å². The molecule has 2 atom stereocenters. The Balaban J connectivity index is 1.15. The van der Waals surface area contributed by atoms with Gasteiger partial charge in [-0.25, -0.2) is 0 Å². The highest BCUT2D eigenvalue weighted by atomic mass is 35.5. The highest BCUT2D eigenvalue weighted by Gasteiger charge is 2.36. The van der Waals surface area contributed by atoms with Crippen molar-refractivity contribution in [3.8, 4) is 16.9 Å². The van der Waals surface area contributed by atoms with Crippen LogP contribution in [0, 0.1) is 0 Å². The highest BCUT2D eigenvalue weighted by molar-refractivity contribution is 7.19. The Hall–Kier alpha value is -3.50. The molecule has 2 N–H and O–H groups in total. The minimum Gasteiger partial charge on any atom is -0.479 e. The number of rotatable bonds is 5. The Kier molecular flexibility index (Phi) is 6.47. The number of halogens is 1. The Morgan fingerprint density at radius 3 is 2.77 bits per heavy atom. The lowest BCUT2D eigenvalue weighted by molar-refractivity contribution is -0.138. The third-order valence-electron chi connectivity index (χ3n) is 7.88. The monoisotopic (exact) mass is 574 g/mol. The quantitative estimate of drug-likeness (QED) is 0.374. The summed E-state index contributed by atoms with van der Waals surface area (Å²) in [5.41, 5.74) is 4.77. The fraction of sp³-hybridized carbons (Fsp3) is 0.300. The van der Waals surface area contributed by atoms with Crippen LogP contribution in [0.2, 0.25) is 5.02 Å². The molecule has 10 heteroatoms. The number of hydrogen-bond donors (Lipinski definition) is 2. The highest BCUT2D eigenvalue weighted by Crippen LogP contribution is 2.45. The zero-order chi connectivity index (χ0) is 27.4. The molecule has 2 aromatic carbocycles. The molecular formula is C30H27ClN4O4S. The predicted octanol–water partition coefficient (Wildman–Crippen LogP) is 4.04. The van der Waals surface area contributed by atoms with E-state index in [0.29, 0.717) is 54.4 Å². The zero-order valence-corrected chi connectivity index (χ0v) is 23.2. The summed E-state index contributed by atoms with van der Waals surface area (Å²) in [6.45, 7) is 3.32. The van der Waals surface area contributed by atoms with Gasteiger partial charge in [0, 0.05) is 83.1 Å². The zero-order valence-electron chi connectivity index (χ0n) is 21.6. The average Bonchev–Trinajstić information content (AvgIpc) is 3.66. The number of thiophene rings is 1. The maximum absolute atomic E-state index is 13.2. The van der Waals surface area contributed by atoms with Gasteiger partial charge in [0.1, 0.15) is 5.75 Å². The summed E-state index contributed by atoms with van der Waals surface area (Å²) in [5, 5.41) is 14.6. The second-order valence-corrected chi connectivity index (χ2v) is 11.9. The third kappa shape index (κ3) is 4.34. The third-order valence-corrected chi connectivity index (χ3v) is 9.31. The van der Waals surface area contributed by atoms with E-state index in [4.69, 9.17) is 16.3 Å². The van der Waals surface area contributed by atoms with Crippen molar-refractivity contribution in [3.63, 3.8) is 0 Å². The van der Waals surface area contributed by atoms with Crippen molar-refractivity contribution in [2.45, 2.75) is 25.2 Å². The second kappa shape index (κ2) is 10.2. The number of nitrogens with zero attached hydrogens (tertiary/aromatic N) is 3. The lowest BCUT2D eigenvalue weighted by Crippen LogP contribution is -2.50. The maximum atomic E-state index is 13.2. The van der Waals surface area contributed by atoms with Gasteiger partial charge in [-0.1, -0.05) is 29.8 Å². The van der Waals surface area contributed by atoms with Crippen LogP contribution in [0.5, 0.6) is 5.75 Å². The van der Waals surface area contributed by atoms with Gasteiger partial charge in [-0.05, 0) is 36.8 Å². The summed E-state index contributed by atoms with van der Waals surface area (Å²) in [6.07, 6.45) is 1.35. The summed E-state index contributed by atoms with van der Waals surface area (Å²) in [6, 6.07) is 15.0. The number of ether oxygens (including phenoxy) is 1. The molecule has 3 aliphatic heterocycles. The number of aromatic nitrogens is 1. The molecule has 204 valence electrons. The fourth-order valence-corrected chi connectivity index (χ4v) is 7.25. The number of aliphatic hydroxyl groups is 1. The van der Waals surface area contributed by atoms with Crippen molar-refractivity contribution in [1.82, 2.24) is 20.1 Å². The summed E-state index contributed by atoms with van der Waals surface area (Å²) in [7, 11) is 0. The van der Waals surface area contributed by atoms with Crippen LogP contribution in [-0.4, -0.2) is 70.5 Å². The van der Waals surface area contributed by atoms with Crippen LogP contribution in [0.15, 0.2) is 54.7 Å². The molecule has 3 aliphatic rings. The number of hydrogen-bond acceptors (Lipinski definition) is 7. The lowest BCUT2D eigenvalue weighted by atomic mass is 10.0. The molecule has 5 heterocycles. The first-order valence-corrected chi connectivity index (χ1v) is 14.6. The molecule has 0 saturated carbocycles. The molecule has 1 unspecified atom stereocenters. The minimum atomic E-state index is -0.935. The van der Waals surface area contributed by atoms with Crippen molar-refractivity contribution < 1.29 is 19.4 Å². The van der Waals surface area contributed by atoms with Crippen molar-refractivity contribution >= 4 is 45.0 Å². The number of carbonyl (C=O) groups is 2. The molecule has 7 rings (SSSR count). The van der Waals surface area contributed by atoms with E-state index >= 15 is 0 Å². The number of fused-ring (bicyclic) bond motifs is 3. The summed E-state index contributed by atoms with van der Waals surface area (Å²) in [4.78, 5) is 35.1. The molecule has 0 spiro atoms. The largest absolute Gasteiger partial charge is 0.479 e. The number of aliphatic hydroxyl groups excluding tert-OH is 1. The Labute approximate surface area is 240 Å². The van der Waals surface area contributed by atoms with Crippen molar-refractivity contribution in [2.24, 2.45) is 0 Å². The van der Waals surface area contributed by atoms with Crippen LogP contribution >= 0.6 is 22.9 Å². The first-order chi connectivity index (χ1) is 19.5. The molecule has 2 aromatic heterocycles. The topological polar surface area (TPSA) is 95.0 Å². The van der Waals surface area contributed by atoms with E-state index in [1.165, 1.54) is 4.90 Å². The van der Waals surface area contributed by atoms with Gasteiger partial charge in [0.15, 0.2) is 12.3 Å². The summed E-state index contributed by atoms with van der Waals surface area (Å²) < 4.78 is 7.31. The van der Waals surface area contributed by atoms with E-state index in [1.54, 1.807) is 29.7 Å². The number of benzene rings is 2. The summed E-state index contributed by atoms with van der Waals surface area (Å²) >= 11 is 8.17. The minimum absolute atomic E-state index is 0.0128. The predicted molar refractivity (Wildman–Crippen MR) is 154 cm³/mol. The smallest absolute Gasteiger partial charge is 0.264 e. The molecule has 1 fully saturated rings. The van der Waals surface area contributed by atoms with Gasteiger partial charge in [-0.15, -0.1) is 11.3 Å². The normalized spacial score (nSPS) is 20.1. The Morgan fingerprint density at radius 1 is 1.12 bits per heavy atom. The number of nitrogens with one attached hydrogen (secondary N) is 1. The van der Waals surface area contributed by atoms with Crippen molar-refractivity contribution in [1.29, 1.82) is 0 Å². The van der Waals surface area contributed by atoms with Crippen LogP contribution in [0.1, 0.15) is 32.6 Å². The van der Waals surface area contributed by atoms with Crippen LogP contribution in [0.4, 0.5) is 0 Å². The molecule has 0 bridgehead atoms. The molecule has 1 saturated heterocycles. The number of carbonyl (C=O) groups excluding carboxylic acids is 2. The molecule has 40 heavy (non-hydrogen) atoms. The summed E-state index contributed by atoms with van der Waals surface area (Å²) in [5.74, 6) is 0.558. The standard InChI is InChI=1S/C30H27ClN4O4S/c31-18-13-17-14-25(30(38)34-11-8-32-9-12-34)39-26(17)23(15-18)20-5-7-33-24-16-19(40-27(20)24)6-10-35-28(36)21-3-1-2-4-22(21)29(35)37/h1-5,7,13,15-16,25,28,32,36H,6,8-12,14H2/t25-,28?/m1/s1. The van der Waals surface area contributed by atoms with Crippen LogP contribution in [0.25, 0.3) is 21.3 Å². The van der Waals surface area contributed by atoms with Crippen LogP contribution < -0.4 is 10.1 Å². The van der Waals surface area contributed by atoms with E-state index in [1.807, 2.05) is 41.3 Å². The van der Waals surface area contributed by atoms with Gasteiger partial charge in [0.25, 0.3) is 11.8 Å². The van der Waals surface area contributed by atoms with Gasteiger partial charge in [0.05, 0.1) is 10.2 Å². The number of piperazine rings is 1. The molecule has 2 amide bonds. The molecule has 4 aromatic rings. The van der Waals surface area contributed by atoms with Gasteiger partial charge in [-0.2, -0.15) is 0 Å². The van der Waals surface area contributed by atoms with E-state index in [0.717, 1.165) is 44.9 Å². The Morgan fingerprint density at radius 2 is 1.95 bits per heavy atom. The first-order valence-electron chi connectivity index (χ1n) is 13.4. The maximum Gasteiger partial charge on any atom is 0.264 e. The molecular weight excluding hydrogens is 548 g/mol. The van der Waals surface area contributed by atoms with Gasteiger partial charge in [-0.3, -0.25) is 14.6 Å². The van der Waals surface area contributed by atoms with Gasteiger partial charge >= 0.3 is 0 Å². The van der Waals surface area contributed by atoms with Crippen molar-refractivity contribution in [2.75, 3.05) is 32.7 Å². The van der Waals surface area contributed by atoms with Gasteiger partial charge < -0.3 is 25.0 Å². The van der Waals surface area contributed by atoms with Crippen LogP contribution in [-0.2, 0) is 17.6 Å². The fourth-order valence-electron chi connectivity index (χ4n) is 5.88. The van der Waals surface area contributed by atoms with E-state index in [-0.39, 0.29) is 11.8 Å². The molecule has 0 aliphatic carbocycles.